The lowest BCUT2D eigenvalue weighted by molar-refractivity contribution is -0.0519. The summed E-state index contributed by atoms with van der Waals surface area (Å²) in [6, 6.07) is 6.32. The SMILES string of the molecule is OC(c1ccccc1OC(F)F)C1CCCCCN1. The van der Waals surface area contributed by atoms with Crippen LogP contribution in [-0.2, 0) is 0 Å². The van der Waals surface area contributed by atoms with Gasteiger partial charge in [0.1, 0.15) is 5.75 Å². The average Bonchev–Trinajstić information content (AvgIpc) is 2.67. The number of hydrogen-bond donors (Lipinski definition) is 2. The lowest BCUT2D eigenvalue weighted by Crippen LogP contribution is -2.34. The van der Waals surface area contributed by atoms with Gasteiger partial charge in [-0.3, -0.25) is 0 Å². The molecule has 0 saturated carbocycles. The van der Waals surface area contributed by atoms with Crippen molar-refractivity contribution in [2.24, 2.45) is 0 Å². The zero-order valence-corrected chi connectivity index (χ0v) is 10.7. The number of aliphatic hydroxyl groups is 1. The molecule has 3 nitrogen and oxygen atoms in total. The van der Waals surface area contributed by atoms with Gasteiger partial charge in [-0.05, 0) is 25.5 Å². The maximum absolute atomic E-state index is 12.4. The van der Waals surface area contributed by atoms with Gasteiger partial charge in [0.05, 0.1) is 6.10 Å². The lowest BCUT2D eigenvalue weighted by atomic mass is 9.98. The molecule has 0 bridgehead atoms. The van der Waals surface area contributed by atoms with E-state index in [1.54, 1.807) is 18.2 Å². The van der Waals surface area contributed by atoms with Crippen LogP contribution in [0.3, 0.4) is 0 Å². The number of alkyl halides is 2. The standard InChI is InChI=1S/C14H19F2NO2/c15-14(16)19-12-8-4-3-6-10(12)13(18)11-7-2-1-5-9-17-11/h3-4,6,8,11,13-14,17-18H,1-2,5,7,9H2. The van der Waals surface area contributed by atoms with E-state index in [-0.39, 0.29) is 11.8 Å². The Morgan fingerprint density at radius 1 is 1.21 bits per heavy atom. The van der Waals surface area contributed by atoms with Crippen LogP contribution >= 0.6 is 0 Å². The van der Waals surface area contributed by atoms with Crippen LogP contribution < -0.4 is 10.1 Å². The summed E-state index contributed by atoms with van der Waals surface area (Å²) < 4.78 is 29.2. The molecule has 2 N–H and O–H groups in total. The van der Waals surface area contributed by atoms with Crippen LogP contribution in [0.5, 0.6) is 5.75 Å². The monoisotopic (exact) mass is 271 g/mol. The van der Waals surface area contributed by atoms with Crippen LogP contribution in [0.4, 0.5) is 8.78 Å². The van der Waals surface area contributed by atoms with E-state index in [1.165, 1.54) is 6.07 Å². The predicted molar refractivity (Wildman–Crippen MR) is 68.3 cm³/mol. The minimum absolute atomic E-state index is 0.0519. The molecule has 0 spiro atoms. The zero-order valence-electron chi connectivity index (χ0n) is 10.7. The third kappa shape index (κ3) is 3.88. The smallest absolute Gasteiger partial charge is 0.387 e. The van der Waals surface area contributed by atoms with Crippen LogP contribution in [0.25, 0.3) is 0 Å². The molecule has 1 aliphatic rings. The van der Waals surface area contributed by atoms with E-state index < -0.39 is 12.7 Å². The molecule has 2 rings (SSSR count). The van der Waals surface area contributed by atoms with E-state index in [4.69, 9.17) is 0 Å². The molecule has 1 heterocycles. The summed E-state index contributed by atoms with van der Waals surface area (Å²) in [5.74, 6) is 0.0519. The van der Waals surface area contributed by atoms with Crippen molar-refractivity contribution in [3.05, 3.63) is 29.8 Å². The maximum Gasteiger partial charge on any atom is 0.387 e. The van der Waals surface area contributed by atoms with Gasteiger partial charge in [-0.15, -0.1) is 0 Å². The fraction of sp³-hybridized carbons (Fsp3) is 0.571. The van der Waals surface area contributed by atoms with Gasteiger partial charge < -0.3 is 15.2 Å². The zero-order chi connectivity index (χ0) is 13.7. The van der Waals surface area contributed by atoms with Gasteiger partial charge >= 0.3 is 6.61 Å². The second-order valence-electron chi connectivity index (χ2n) is 4.77. The van der Waals surface area contributed by atoms with Crippen LogP contribution in [0.15, 0.2) is 24.3 Å². The molecule has 2 atom stereocenters. The highest BCUT2D eigenvalue weighted by Gasteiger charge is 2.25. The van der Waals surface area contributed by atoms with Gasteiger partial charge in [-0.25, -0.2) is 0 Å². The summed E-state index contributed by atoms with van der Waals surface area (Å²) in [6.07, 6.45) is 3.26. The first-order valence-corrected chi connectivity index (χ1v) is 6.63. The minimum Gasteiger partial charge on any atom is -0.434 e. The molecule has 106 valence electrons. The van der Waals surface area contributed by atoms with Crippen molar-refractivity contribution in [1.29, 1.82) is 0 Å². The fourth-order valence-electron chi connectivity index (χ4n) is 2.47. The van der Waals surface area contributed by atoms with Crippen LogP contribution in [0.2, 0.25) is 0 Å². The van der Waals surface area contributed by atoms with Crippen molar-refractivity contribution >= 4 is 0 Å². The number of hydrogen-bond acceptors (Lipinski definition) is 3. The Kier molecular flexibility index (Phi) is 5.10. The molecule has 2 unspecified atom stereocenters. The molecule has 1 aromatic carbocycles. The summed E-state index contributed by atoms with van der Waals surface area (Å²) in [4.78, 5) is 0. The number of benzene rings is 1. The molecule has 0 radical (unpaired) electrons. The fourth-order valence-corrected chi connectivity index (χ4v) is 2.47. The average molecular weight is 271 g/mol. The molecule has 0 amide bonds. The van der Waals surface area contributed by atoms with E-state index in [0.717, 1.165) is 32.2 Å². The van der Waals surface area contributed by atoms with Gasteiger partial charge in [-0.2, -0.15) is 8.78 Å². The largest absolute Gasteiger partial charge is 0.434 e. The highest BCUT2D eigenvalue weighted by atomic mass is 19.3. The minimum atomic E-state index is -2.88. The highest BCUT2D eigenvalue weighted by Crippen LogP contribution is 2.30. The summed E-state index contributed by atoms with van der Waals surface area (Å²) in [5.41, 5.74) is 0.419. The van der Waals surface area contributed by atoms with E-state index in [2.05, 4.69) is 10.1 Å². The number of rotatable bonds is 4. The molecule has 0 aliphatic carbocycles. The Morgan fingerprint density at radius 2 is 2.00 bits per heavy atom. The van der Waals surface area contributed by atoms with Crippen molar-refractivity contribution in [2.75, 3.05) is 6.54 Å². The van der Waals surface area contributed by atoms with Crippen molar-refractivity contribution in [3.8, 4) is 5.75 Å². The van der Waals surface area contributed by atoms with Gasteiger partial charge in [0.15, 0.2) is 0 Å². The molecule has 5 heteroatoms. The summed E-state index contributed by atoms with van der Waals surface area (Å²) in [6.45, 7) is -2.03. The second-order valence-corrected chi connectivity index (χ2v) is 4.77. The molecule has 1 fully saturated rings. The summed E-state index contributed by atoms with van der Waals surface area (Å²) >= 11 is 0. The van der Waals surface area contributed by atoms with Crippen molar-refractivity contribution < 1.29 is 18.6 Å². The lowest BCUT2D eigenvalue weighted by Gasteiger charge is -2.24. The number of ether oxygens (including phenoxy) is 1. The predicted octanol–water partition coefficient (Wildman–Crippen LogP) is 2.85. The van der Waals surface area contributed by atoms with Crippen molar-refractivity contribution in [3.63, 3.8) is 0 Å². The van der Waals surface area contributed by atoms with Gasteiger partial charge in [-0.1, -0.05) is 31.0 Å². The first-order valence-electron chi connectivity index (χ1n) is 6.63. The van der Waals surface area contributed by atoms with Crippen molar-refractivity contribution in [1.82, 2.24) is 5.32 Å². The molecule has 19 heavy (non-hydrogen) atoms. The molecular weight excluding hydrogens is 252 g/mol. The maximum atomic E-state index is 12.4. The normalized spacial score (nSPS) is 22.0. The molecule has 0 aromatic heterocycles. The van der Waals surface area contributed by atoms with Crippen LogP contribution in [0, 0.1) is 0 Å². The van der Waals surface area contributed by atoms with Gasteiger partial charge in [0.25, 0.3) is 0 Å². The second kappa shape index (κ2) is 6.82. The topological polar surface area (TPSA) is 41.5 Å². The first-order chi connectivity index (χ1) is 9.18. The van der Waals surface area contributed by atoms with Gasteiger partial charge in [0.2, 0.25) is 0 Å². The van der Waals surface area contributed by atoms with Gasteiger partial charge in [0, 0.05) is 11.6 Å². The van der Waals surface area contributed by atoms with Crippen molar-refractivity contribution in [2.45, 2.75) is 44.4 Å². The quantitative estimate of drug-likeness (QED) is 0.884. The summed E-state index contributed by atoms with van der Waals surface area (Å²) in [5, 5.41) is 13.6. The summed E-state index contributed by atoms with van der Waals surface area (Å²) in [7, 11) is 0. The third-order valence-electron chi connectivity index (χ3n) is 3.43. The Labute approximate surface area is 111 Å². The molecule has 1 aliphatic heterocycles. The Balaban J connectivity index is 2.14. The third-order valence-corrected chi connectivity index (χ3v) is 3.43. The number of para-hydroxylation sites is 1. The first kappa shape index (κ1) is 14.2. The highest BCUT2D eigenvalue weighted by molar-refractivity contribution is 5.36. The van der Waals surface area contributed by atoms with E-state index in [1.807, 2.05) is 0 Å². The molecule has 1 aromatic rings. The molecular formula is C14H19F2NO2. The number of nitrogens with one attached hydrogen (secondary N) is 1. The molecule has 1 saturated heterocycles. The Morgan fingerprint density at radius 3 is 2.79 bits per heavy atom. The van der Waals surface area contributed by atoms with E-state index >= 15 is 0 Å². The number of halogens is 2. The van der Waals surface area contributed by atoms with Crippen LogP contribution in [-0.4, -0.2) is 24.3 Å². The van der Waals surface area contributed by atoms with Crippen LogP contribution in [0.1, 0.15) is 37.4 Å². The van der Waals surface area contributed by atoms with E-state index in [9.17, 15) is 13.9 Å². The number of aliphatic hydroxyl groups excluding tert-OH is 1. The Bertz CT molecular complexity index is 393. The van der Waals surface area contributed by atoms with E-state index in [0.29, 0.717) is 5.56 Å². The Hall–Kier alpha value is -1.20.